The van der Waals surface area contributed by atoms with Crippen LogP contribution in [0.15, 0.2) is 34.1 Å². The van der Waals surface area contributed by atoms with Crippen LogP contribution in [0.5, 0.6) is 0 Å². The topological polar surface area (TPSA) is 20.3 Å². The second-order valence-corrected chi connectivity index (χ2v) is 6.70. The molecule has 104 valence electrons. The molecule has 1 amide bonds. The van der Waals surface area contributed by atoms with E-state index in [4.69, 9.17) is 0 Å². The maximum atomic E-state index is 13.1. The van der Waals surface area contributed by atoms with Crippen molar-refractivity contribution in [2.24, 2.45) is 0 Å². The van der Waals surface area contributed by atoms with Crippen molar-refractivity contribution in [3.05, 3.63) is 55.9 Å². The minimum atomic E-state index is -0.347. The molecule has 1 aromatic carbocycles. The highest BCUT2D eigenvalue weighted by atomic mass is 79.9. The summed E-state index contributed by atoms with van der Waals surface area (Å²) in [4.78, 5) is 15.9. The highest BCUT2D eigenvalue weighted by molar-refractivity contribution is 9.10. The van der Waals surface area contributed by atoms with Gasteiger partial charge in [0, 0.05) is 15.9 Å². The van der Waals surface area contributed by atoms with Crippen molar-refractivity contribution in [1.82, 2.24) is 4.90 Å². The van der Waals surface area contributed by atoms with Gasteiger partial charge in [-0.1, -0.05) is 0 Å². The Hall–Kier alpha value is -1.20. The Morgan fingerprint density at radius 1 is 1.45 bits per heavy atom. The van der Waals surface area contributed by atoms with Crippen LogP contribution in [-0.4, -0.2) is 17.4 Å². The van der Waals surface area contributed by atoms with E-state index in [2.05, 4.69) is 27.4 Å². The first-order valence-corrected chi connectivity index (χ1v) is 8.07. The summed E-state index contributed by atoms with van der Waals surface area (Å²) in [5.41, 5.74) is 1.74. The maximum Gasteiger partial charge on any atom is 0.255 e. The highest BCUT2D eigenvalue weighted by Crippen LogP contribution is 2.34. The molecule has 0 bridgehead atoms. The molecule has 1 unspecified atom stereocenters. The predicted molar refractivity (Wildman–Crippen MR) is 81.6 cm³/mol. The average Bonchev–Trinajstić information content (AvgIpc) is 2.87. The first-order valence-electron chi connectivity index (χ1n) is 6.40. The zero-order chi connectivity index (χ0) is 14.3. The van der Waals surface area contributed by atoms with Gasteiger partial charge in [-0.15, -0.1) is 11.3 Å². The Labute approximate surface area is 129 Å². The SMILES string of the molecule is CC1c2ccsc2CCN1C(=O)c1ccc(F)cc1Br. The van der Waals surface area contributed by atoms with Crippen molar-refractivity contribution in [3.63, 3.8) is 0 Å². The fourth-order valence-corrected chi connectivity index (χ4v) is 4.09. The summed E-state index contributed by atoms with van der Waals surface area (Å²) in [6, 6.07) is 6.34. The van der Waals surface area contributed by atoms with Crippen molar-refractivity contribution in [2.75, 3.05) is 6.54 Å². The number of nitrogens with zero attached hydrogens (tertiary/aromatic N) is 1. The molecule has 0 aliphatic carbocycles. The summed E-state index contributed by atoms with van der Waals surface area (Å²) in [7, 11) is 0. The van der Waals surface area contributed by atoms with Crippen LogP contribution in [0.3, 0.4) is 0 Å². The molecule has 0 N–H and O–H groups in total. The number of rotatable bonds is 1. The predicted octanol–water partition coefficient (Wildman–Crippen LogP) is 4.41. The zero-order valence-corrected chi connectivity index (χ0v) is 13.3. The molecule has 5 heteroatoms. The van der Waals surface area contributed by atoms with E-state index in [1.165, 1.54) is 28.6 Å². The van der Waals surface area contributed by atoms with E-state index in [1.807, 2.05) is 11.8 Å². The number of carbonyl (C=O) groups excluding carboxylic acids is 1. The fourth-order valence-electron chi connectivity index (χ4n) is 2.60. The lowest BCUT2D eigenvalue weighted by Gasteiger charge is -2.34. The number of amides is 1. The Balaban J connectivity index is 1.92. The number of carbonyl (C=O) groups is 1. The van der Waals surface area contributed by atoms with E-state index in [0.717, 1.165) is 6.42 Å². The molecule has 0 saturated heterocycles. The van der Waals surface area contributed by atoms with E-state index >= 15 is 0 Å². The van der Waals surface area contributed by atoms with Gasteiger partial charge in [-0.05, 0) is 64.5 Å². The highest BCUT2D eigenvalue weighted by Gasteiger charge is 2.29. The van der Waals surface area contributed by atoms with Crippen LogP contribution in [0.4, 0.5) is 4.39 Å². The molecule has 2 heterocycles. The molecule has 3 rings (SSSR count). The molecule has 0 radical (unpaired) electrons. The molecule has 0 fully saturated rings. The van der Waals surface area contributed by atoms with E-state index in [0.29, 0.717) is 16.6 Å². The van der Waals surface area contributed by atoms with E-state index in [1.54, 1.807) is 11.3 Å². The normalized spacial score (nSPS) is 17.9. The summed E-state index contributed by atoms with van der Waals surface area (Å²) in [6.07, 6.45) is 0.891. The molecule has 1 aromatic heterocycles. The van der Waals surface area contributed by atoms with Gasteiger partial charge in [-0.3, -0.25) is 4.79 Å². The quantitative estimate of drug-likeness (QED) is 0.743. The Bertz CT molecular complexity index is 670. The Morgan fingerprint density at radius 3 is 3.00 bits per heavy atom. The summed E-state index contributed by atoms with van der Waals surface area (Å²) < 4.78 is 13.6. The van der Waals surface area contributed by atoms with Crippen molar-refractivity contribution in [1.29, 1.82) is 0 Å². The third-order valence-corrected chi connectivity index (χ3v) is 5.35. The summed E-state index contributed by atoms with van der Waals surface area (Å²) in [6.45, 7) is 2.75. The minimum Gasteiger partial charge on any atom is -0.331 e. The molecule has 2 nitrogen and oxygen atoms in total. The lowest BCUT2D eigenvalue weighted by Crippen LogP contribution is -2.38. The smallest absolute Gasteiger partial charge is 0.255 e. The van der Waals surface area contributed by atoms with Gasteiger partial charge in [0.25, 0.3) is 5.91 Å². The molecule has 1 aliphatic heterocycles. The Morgan fingerprint density at radius 2 is 2.25 bits per heavy atom. The lowest BCUT2D eigenvalue weighted by molar-refractivity contribution is 0.0678. The monoisotopic (exact) mass is 353 g/mol. The number of hydrogen-bond donors (Lipinski definition) is 0. The second-order valence-electron chi connectivity index (χ2n) is 4.85. The molecule has 20 heavy (non-hydrogen) atoms. The first kappa shape index (κ1) is 13.8. The van der Waals surface area contributed by atoms with Crippen LogP contribution in [0, 0.1) is 5.82 Å². The van der Waals surface area contributed by atoms with Crippen molar-refractivity contribution < 1.29 is 9.18 Å². The van der Waals surface area contributed by atoms with E-state index in [-0.39, 0.29) is 17.8 Å². The number of fused-ring (bicyclic) bond motifs is 1. The van der Waals surface area contributed by atoms with Crippen molar-refractivity contribution >= 4 is 33.2 Å². The minimum absolute atomic E-state index is 0.0544. The zero-order valence-electron chi connectivity index (χ0n) is 10.9. The average molecular weight is 354 g/mol. The van der Waals surface area contributed by atoms with Gasteiger partial charge in [0.05, 0.1) is 11.6 Å². The van der Waals surface area contributed by atoms with Crippen LogP contribution < -0.4 is 0 Å². The number of halogens is 2. The molecule has 2 aromatic rings. The maximum absolute atomic E-state index is 13.1. The third-order valence-electron chi connectivity index (χ3n) is 3.70. The van der Waals surface area contributed by atoms with Crippen molar-refractivity contribution in [2.45, 2.75) is 19.4 Å². The summed E-state index contributed by atoms with van der Waals surface area (Å²) >= 11 is 5.02. The van der Waals surface area contributed by atoms with Gasteiger partial charge in [0.1, 0.15) is 5.82 Å². The van der Waals surface area contributed by atoms with Gasteiger partial charge in [0.15, 0.2) is 0 Å². The molecule has 0 saturated carbocycles. The van der Waals surface area contributed by atoms with Crippen molar-refractivity contribution in [3.8, 4) is 0 Å². The van der Waals surface area contributed by atoms with Gasteiger partial charge < -0.3 is 4.90 Å². The lowest BCUT2D eigenvalue weighted by atomic mass is 10.0. The van der Waals surface area contributed by atoms with Crippen LogP contribution in [-0.2, 0) is 6.42 Å². The molecular formula is C15H13BrFNOS. The van der Waals surface area contributed by atoms with Crippen LogP contribution in [0.2, 0.25) is 0 Å². The van der Waals surface area contributed by atoms with Crippen LogP contribution >= 0.6 is 27.3 Å². The fraction of sp³-hybridized carbons (Fsp3) is 0.267. The molecule has 1 atom stereocenters. The molecule has 0 spiro atoms. The second kappa shape index (κ2) is 5.30. The molecule has 1 aliphatic rings. The number of benzene rings is 1. The number of thiophene rings is 1. The van der Waals surface area contributed by atoms with Gasteiger partial charge >= 0.3 is 0 Å². The third kappa shape index (κ3) is 2.29. The summed E-state index contributed by atoms with van der Waals surface area (Å²) in [5, 5.41) is 2.07. The van der Waals surface area contributed by atoms with Crippen LogP contribution in [0.1, 0.15) is 33.8 Å². The van der Waals surface area contributed by atoms with Crippen LogP contribution in [0.25, 0.3) is 0 Å². The number of hydrogen-bond acceptors (Lipinski definition) is 2. The Kier molecular flexibility index (Phi) is 3.65. The van der Waals surface area contributed by atoms with Gasteiger partial charge in [-0.25, -0.2) is 4.39 Å². The summed E-state index contributed by atoms with van der Waals surface area (Å²) in [5.74, 6) is -0.401. The van der Waals surface area contributed by atoms with Gasteiger partial charge in [-0.2, -0.15) is 0 Å². The van der Waals surface area contributed by atoms with E-state index in [9.17, 15) is 9.18 Å². The molecular weight excluding hydrogens is 341 g/mol. The standard InChI is InChI=1S/C15H13BrFNOS/c1-9-11-5-7-20-14(11)4-6-18(9)15(19)12-3-2-10(17)8-13(12)16/h2-3,5,7-9H,4,6H2,1H3. The van der Waals surface area contributed by atoms with Gasteiger partial charge in [0.2, 0.25) is 0 Å². The first-order chi connectivity index (χ1) is 9.58. The van der Waals surface area contributed by atoms with E-state index < -0.39 is 0 Å². The largest absolute Gasteiger partial charge is 0.331 e.